The predicted octanol–water partition coefficient (Wildman–Crippen LogP) is 0.646. The number of piperidine rings is 3. The van der Waals surface area contributed by atoms with Gasteiger partial charge in [0, 0.05) is 44.5 Å². The molecule has 17 heavy (non-hydrogen) atoms. The first kappa shape index (κ1) is 11.2. The van der Waals surface area contributed by atoms with Crippen LogP contribution in [0.4, 0.5) is 0 Å². The van der Waals surface area contributed by atoms with E-state index in [2.05, 4.69) is 21.4 Å². The second-order valence-corrected chi connectivity index (χ2v) is 5.39. The molecule has 4 rings (SSSR count). The SMILES string of the molecule is Cn1nccc1CCNC1CN2CCC1CC2. The van der Waals surface area contributed by atoms with Gasteiger partial charge in [0.05, 0.1) is 0 Å². The molecule has 0 saturated carbocycles. The van der Waals surface area contributed by atoms with Crippen LogP contribution in [-0.2, 0) is 13.5 Å². The second kappa shape index (κ2) is 4.78. The Kier molecular flexibility index (Phi) is 3.16. The number of rotatable bonds is 4. The van der Waals surface area contributed by atoms with Crippen molar-refractivity contribution in [2.75, 3.05) is 26.2 Å². The zero-order valence-electron chi connectivity index (χ0n) is 10.6. The minimum absolute atomic E-state index is 0.728. The molecule has 0 aromatic carbocycles. The molecule has 94 valence electrons. The van der Waals surface area contributed by atoms with Gasteiger partial charge in [0.15, 0.2) is 0 Å². The van der Waals surface area contributed by atoms with E-state index in [1.165, 1.54) is 38.2 Å². The zero-order valence-corrected chi connectivity index (χ0v) is 10.6. The van der Waals surface area contributed by atoms with Crippen LogP contribution in [0, 0.1) is 5.92 Å². The minimum atomic E-state index is 0.728. The van der Waals surface area contributed by atoms with Crippen LogP contribution in [0.1, 0.15) is 18.5 Å². The average molecular weight is 234 g/mol. The summed E-state index contributed by atoms with van der Waals surface area (Å²) >= 11 is 0. The highest BCUT2D eigenvalue weighted by molar-refractivity contribution is 5.01. The fraction of sp³-hybridized carbons (Fsp3) is 0.769. The molecule has 0 spiro atoms. The lowest BCUT2D eigenvalue weighted by molar-refractivity contribution is 0.0730. The Morgan fingerprint density at radius 1 is 1.41 bits per heavy atom. The zero-order chi connectivity index (χ0) is 11.7. The van der Waals surface area contributed by atoms with E-state index >= 15 is 0 Å². The minimum Gasteiger partial charge on any atom is -0.312 e. The Hall–Kier alpha value is -0.870. The number of hydrogen-bond donors (Lipinski definition) is 1. The van der Waals surface area contributed by atoms with E-state index in [9.17, 15) is 0 Å². The van der Waals surface area contributed by atoms with Gasteiger partial charge in [-0.1, -0.05) is 0 Å². The summed E-state index contributed by atoms with van der Waals surface area (Å²) in [5.41, 5.74) is 1.32. The number of fused-ring (bicyclic) bond motifs is 3. The van der Waals surface area contributed by atoms with Crippen LogP contribution in [-0.4, -0.2) is 46.9 Å². The van der Waals surface area contributed by atoms with Gasteiger partial charge in [0.25, 0.3) is 0 Å². The van der Waals surface area contributed by atoms with Crippen molar-refractivity contribution in [2.45, 2.75) is 25.3 Å². The molecule has 4 heteroatoms. The second-order valence-electron chi connectivity index (χ2n) is 5.39. The number of aromatic nitrogens is 2. The van der Waals surface area contributed by atoms with Gasteiger partial charge in [0.1, 0.15) is 0 Å². The molecule has 3 aliphatic heterocycles. The lowest BCUT2D eigenvalue weighted by Gasteiger charge is -2.45. The number of aryl methyl sites for hydroxylation is 1. The first-order valence-corrected chi connectivity index (χ1v) is 6.75. The van der Waals surface area contributed by atoms with Gasteiger partial charge in [-0.25, -0.2) is 0 Å². The Morgan fingerprint density at radius 2 is 2.24 bits per heavy atom. The highest BCUT2D eigenvalue weighted by Crippen LogP contribution is 2.27. The summed E-state index contributed by atoms with van der Waals surface area (Å²) in [6.07, 6.45) is 5.75. The van der Waals surface area contributed by atoms with Crippen LogP contribution < -0.4 is 5.32 Å². The van der Waals surface area contributed by atoms with Crippen LogP contribution in [0.2, 0.25) is 0 Å². The molecule has 1 N–H and O–H groups in total. The number of nitrogens with one attached hydrogen (secondary N) is 1. The standard InChI is InChI=1S/C13H22N4/c1-16-12(3-7-15-16)2-6-14-13-10-17-8-4-11(13)5-9-17/h3,7,11,13-14H,2,4-6,8-10H2,1H3. The topological polar surface area (TPSA) is 33.1 Å². The highest BCUT2D eigenvalue weighted by atomic mass is 15.3. The van der Waals surface area contributed by atoms with E-state index in [1.54, 1.807) is 0 Å². The van der Waals surface area contributed by atoms with Crippen LogP contribution in [0.5, 0.6) is 0 Å². The van der Waals surface area contributed by atoms with E-state index in [1.807, 2.05) is 17.9 Å². The first-order valence-electron chi connectivity index (χ1n) is 6.75. The van der Waals surface area contributed by atoms with Gasteiger partial charge in [-0.2, -0.15) is 5.10 Å². The van der Waals surface area contributed by atoms with Crippen LogP contribution in [0.15, 0.2) is 12.3 Å². The van der Waals surface area contributed by atoms with Crippen molar-refractivity contribution in [3.8, 4) is 0 Å². The van der Waals surface area contributed by atoms with Gasteiger partial charge < -0.3 is 10.2 Å². The van der Waals surface area contributed by atoms with E-state index in [4.69, 9.17) is 0 Å². The molecule has 4 nitrogen and oxygen atoms in total. The molecule has 3 fully saturated rings. The fourth-order valence-corrected chi connectivity index (χ4v) is 3.23. The van der Waals surface area contributed by atoms with Crippen molar-refractivity contribution in [1.29, 1.82) is 0 Å². The van der Waals surface area contributed by atoms with Gasteiger partial charge in [-0.05, 0) is 37.9 Å². The van der Waals surface area contributed by atoms with Gasteiger partial charge in [-0.3, -0.25) is 4.68 Å². The van der Waals surface area contributed by atoms with Crippen molar-refractivity contribution in [1.82, 2.24) is 20.0 Å². The third kappa shape index (κ3) is 2.38. The van der Waals surface area contributed by atoms with Gasteiger partial charge in [-0.15, -0.1) is 0 Å². The summed E-state index contributed by atoms with van der Waals surface area (Å²) in [6.45, 7) is 4.99. The van der Waals surface area contributed by atoms with Crippen LogP contribution in [0.3, 0.4) is 0 Å². The van der Waals surface area contributed by atoms with Crippen molar-refractivity contribution < 1.29 is 0 Å². The Balaban J connectivity index is 1.47. The summed E-state index contributed by atoms with van der Waals surface area (Å²) in [5.74, 6) is 0.923. The maximum Gasteiger partial charge on any atom is 0.0492 e. The van der Waals surface area contributed by atoms with Crippen LogP contribution in [0.25, 0.3) is 0 Å². The summed E-state index contributed by atoms with van der Waals surface area (Å²) in [6, 6.07) is 2.84. The largest absolute Gasteiger partial charge is 0.312 e. The number of nitrogens with zero attached hydrogens (tertiary/aromatic N) is 3. The molecule has 0 aliphatic carbocycles. The molecule has 0 radical (unpaired) electrons. The van der Waals surface area contributed by atoms with Crippen molar-refractivity contribution in [3.05, 3.63) is 18.0 Å². The molecular formula is C13H22N4. The van der Waals surface area contributed by atoms with E-state index < -0.39 is 0 Å². The molecule has 1 aromatic heterocycles. The Bertz CT molecular complexity index is 365. The quantitative estimate of drug-likeness (QED) is 0.830. The van der Waals surface area contributed by atoms with E-state index in [-0.39, 0.29) is 0 Å². The summed E-state index contributed by atoms with van der Waals surface area (Å²) in [5, 5.41) is 7.94. The summed E-state index contributed by atoms with van der Waals surface area (Å²) < 4.78 is 1.97. The molecule has 1 unspecified atom stereocenters. The molecular weight excluding hydrogens is 212 g/mol. The third-order valence-corrected chi connectivity index (χ3v) is 4.37. The van der Waals surface area contributed by atoms with Crippen molar-refractivity contribution in [2.24, 2.45) is 13.0 Å². The first-order chi connectivity index (χ1) is 8.33. The molecule has 3 aliphatic rings. The molecule has 1 aromatic rings. The van der Waals surface area contributed by atoms with E-state index in [0.717, 1.165) is 24.9 Å². The maximum atomic E-state index is 4.20. The van der Waals surface area contributed by atoms with Crippen molar-refractivity contribution in [3.63, 3.8) is 0 Å². The molecule has 3 saturated heterocycles. The lowest BCUT2D eigenvalue weighted by atomic mass is 9.84. The Morgan fingerprint density at radius 3 is 2.82 bits per heavy atom. The number of hydrogen-bond acceptors (Lipinski definition) is 3. The molecule has 0 amide bonds. The van der Waals surface area contributed by atoms with Gasteiger partial charge in [0.2, 0.25) is 0 Å². The predicted molar refractivity (Wildman–Crippen MR) is 67.9 cm³/mol. The highest BCUT2D eigenvalue weighted by Gasteiger charge is 2.33. The Labute approximate surface area is 103 Å². The van der Waals surface area contributed by atoms with Gasteiger partial charge >= 0.3 is 0 Å². The van der Waals surface area contributed by atoms with Crippen LogP contribution >= 0.6 is 0 Å². The molecule has 1 atom stereocenters. The smallest absolute Gasteiger partial charge is 0.0492 e. The summed E-state index contributed by atoms with van der Waals surface area (Å²) in [7, 11) is 2.02. The molecule has 2 bridgehead atoms. The maximum absolute atomic E-state index is 4.20. The van der Waals surface area contributed by atoms with Crippen molar-refractivity contribution >= 4 is 0 Å². The fourth-order valence-electron chi connectivity index (χ4n) is 3.23. The summed E-state index contributed by atoms with van der Waals surface area (Å²) in [4.78, 5) is 2.60. The lowest BCUT2D eigenvalue weighted by Crippen LogP contribution is -2.56. The normalized spacial score (nSPS) is 31.9. The van der Waals surface area contributed by atoms with E-state index in [0.29, 0.717) is 0 Å². The molecule has 4 heterocycles. The monoisotopic (exact) mass is 234 g/mol. The average Bonchev–Trinajstić information content (AvgIpc) is 2.77. The third-order valence-electron chi connectivity index (χ3n) is 4.37.